The number of hydrogen-bond donors (Lipinski definition) is 2. The predicted molar refractivity (Wildman–Crippen MR) is 73.7 cm³/mol. The molecule has 0 aliphatic carbocycles. The molecule has 0 saturated carbocycles. The second kappa shape index (κ2) is 8.60. The van der Waals surface area contributed by atoms with Crippen molar-refractivity contribution in [1.82, 2.24) is 0 Å². The average molecular weight is 275 g/mol. The van der Waals surface area contributed by atoms with E-state index in [0.717, 1.165) is 0 Å². The third kappa shape index (κ3) is 4.81. The molecule has 5 nitrogen and oxygen atoms in total. The maximum absolute atomic E-state index is 11.6. The molecule has 0 saturated heterocycles. The molecule has 0 fully saturated rings. The van der Waals surface area contributed by atoms with Gasteiger partial charge in [-0.15, -0.1) is 12.4 Å². The first kappa shape index (κ1) is 16.5. The van der Waals surface area contributed by atoms with Gasteiger partial charge in [0.15, 0.2) is 0 Å². The monoisotopic (exact) mass is 274 g/mol. The second-order valence-electron chi connectivity index (χ2n) is 3.51. The van der Waals surface area contributed by atoms with Crippen LogP contribution >= 0.6 is 12.4 Å². The third-order valence-corrected chi connectivity index (χ3v) is 2.29. The van der Waals surface area contributed by atoms with E-state index >= 15 is 0 Å². The molecular weight excluding hydrogens is 256 g/mol. The van der Waals surface area contributed by atoms with Crippen molar-refractivity contribution in [1.29, 1.82) is 0 Å². The Morgan fingerprint density at radius 1 is 1.33 bits per heavy atom. The van der Waals surface area contributed by atoms with E-state index in [1.54, 1.807) is 32.4 Å². The van der Waals surface area contributed by atoms with Gasteiger partial charge < -0.3 is 20.5 Å². The van der Waals surface area contributed by atoms with Crippen LogP contribution in [0.4, 0.5) is 5.69 Å². The first-order valence-corrected chi connectivity index (χ1v) is 5.43. The molecule has 1 rings (SSSR count). The lowest BCUT2D eigenvalue weighted by Gasteiger charge is -2.11. The summed E-state index contributed by atoms with van der Waals surface area (Å²) in [5.74, 6) is 1.19. The average Bonchev–Trinajstić information content (AvgIpc) is 2.36. The zero-order valence-electron chi connectivity index (χ0n) is 10.6. The molecule has 0 atom stereocenters. The number of carbonyl (C=O) groups is 1. The zero-order chi connectivity index (χ0) is 12.7. The van der Waals surface area contributed by atoms with Crippen LogP contribution in [0.3, 0.4) is 0 Å². The van der Waals surface area contributed by atoms with Crippen LogP contribution in [0.1, 0.15) is 12.8 Å². The van der Waals surface area contributed by atoms with Crippen molar-refractivity contribution in [2.45, 2.75) is 12.8 Å². The van der Waals surface area contributed by atoms with E-state index in [4.69, 9.17) is 15.2 Å². The Balaban J connectivity index is 0.00000289. The Morgan fingerprint density at radius 3 is 2.61 bits per heavy atom. The van der Waals surface area contributed by atoms with Crippen molar-refractivity contribution >= 4 is 24.0 Å². The molecule has 0 aliphatic heterocycles. The normalized spacial score (nSPS) is 9.28. The van der Waals surface area contributed by atoms with Crippen LogP contribution in [0.2, 0.25) is 0 Å². The van der Waals surface area contributed by atoms with Crippen molar-refractivity contribution in [3.05, 3.63) is 18.2 Å². The van der Waals surface area contributed by atoms with E-state index in [0.29, 0.717) is 36.6 Å². The highest BCUT2D eigenvalue weighted by atomic mass is 35.5. The van der Waals surface area contributed by atoms with Gasteiger partial charge >= 0.3 is 0 Å². The lowest BCUT2D eigenvalue weighted by molar-refractivity contribution is -0.116. The van der Waals surface area contributed by atoms with Gasteiger partial charge in [0, 0.05) is 12.5 Å². The molecular formula is C12H19ClN2O3. The minimum atomic E-state index is -0.0815. The van der Waals surface area contributed by atoms with Crippen LogP contribution in [0.15, 0.2) is 18.2 Å². The Hall–Kier alpha value is -1.46. The van der Waals surface area contributed by atoms with E-state index in [1.165, 1.54) is 0 Å². The summed E-state index contributed by atoms with van der Waals surface area (Å²) in [5.41, 5.74) is 5.95. The Labute approximate surface area is 113 Å². The fourth-order valence-corrected chi connectivity index (χ4v) is 1.39. The number of rotatable bonds is 6. The van der Waals surface area contributed by atoms with Crippen molar-refractivity contribution in [2.75, 3.05) is 26.1 Å². The van der Waals surface area contributed by atoms with Crippen LogP contribution in [-0.4, -0.2) is 26.7 Å². The second-order valence-corrected chi connectivity index (χ2v) is 3.51. The molecule has 1 amide bonds. The predicted octanol–water partition coefficient (Wildman–Crippen LogP) is 1.80. The largest absolute Gasteiger partial charge is 0.497 e. The highest BCUT2D eigenvalue weighted by Gasteiger charge is 2.08. The Morgan fingerprint density at radius 2 is 2.06 bits per heavy atom. The van der Waals surface area contributed by atoms with E-state index in [1.807, 2.05) is 0 Å². The molecule has 102 valence electrons. The SMILES string of the molecule is COc1ccc(OC)c(NC(=O)CCCN)c1.Cl. The maximum Gasteiger partial charge on any atom is 0.224 e. The van der Waals surface area contributed by atoms with Gasteiger partial charge in [-0.1, -0.05) is 0 Å². The van der Waals surface area contributed by atoms with Gasteiger partial charge in [0.05, 0.1) is 19.9 Å². The van der Waals surface area contributed by atoms with Gasteiger partial charge in [0.1, 0.15) is 11.5 Å². The summed E-state index contributed by atoms with van der Waals surface area (Å²) in [6, 6.07) is 5.24. The molecule has 1 aromatic rings. The van der Waals surface area contributed by atoms with Crippen LogP contribution in [0, 0.1) is 0 Å². The molecule has 0 aromatic heterocycles. The molecule has 1 aromatic carbocycles. The lowest BCUT2D eigenvalue weighted by Crippen LogP contribution is -2.14. The van der Waals surface area contributed by atoms with Gasteiger partial charge in [0.2, 0.25) is 5.91 Å². The van der Waals surface area contributed by atoms with Gasteiger partial charge in [-0.2, -0.15) is 0 Å². The van der Waals surface area contributed by atoms with Gasteiger partial charge in [-0.25, -0.2) is 0 Å². The number of ether oxygens (including phenoxy) is 2. The number of methoxy groups -OCH3 is 2. The van der Waals surface area contributed by atoms with Crippen LogP contribution in [0.25, 0.3) is 0 Å². The number of carbonyl (C=O) groups excluding carboxylic acids is 1. The summed E-state index contributed by atoms with van der Waals surface area (Å²) >= 11 is 0. The van der Waals surface area contributed by atoms with Crippen molar-refractivity contribution < 1.29 is 14.3 Å². The van der Waals surface area contributed by atoms with E-state index in [2.05, 4.69) is 5.32 Å². The fraction of sp³-hybridized carbons (Fsp3) is 0.417. The first-order valence-electron chi connectivity index (χ1n) is 5.43. The van der Waals surface area contributed by atoms with Crippen LogP contribution in [-0.2, 0) is 4.79 Å². The number of amides is 1. The summed E-state index contributed by atoms with van der Waals surface area (Å²) in [5, 5.41) is 2.77. The molecule has 0 radical (unpaired) electrons. The molecule has 0 spiro atoms. The fourth-order valence-electron chi connectivity index (χ4n) is 1.39. The van der Waals surface area contributed by atoms with Gasteiger partial charge in [-0.05, 0) is 25.1 Å². The zero-order valence-corrected chi connectivity index (χ0v) is 11.4. The first-order chi connectivity index (χ1) is 8.21. The standard InChI is InChI=1S/C12H18N2O3.ClH/c1-16-9-5-6-11(17-2)10(8-9)14-12(15)4-3-7-13;/h5-6,8H,3-4,7,13H2,1-2H3,(H,14,15);1H. The van der Waals surface area contributed by atoms with Crippen LogP contribution < -0.4 is 20.5 Å². The molecule has 0 unspecified atom stereocenters. The number of benzene rings is 1. The highest BCUT2D eigenvalue weighted by Crippen LogP contribution is 2.28. The van der Waals surface area contributed by atoms with Crippen molar-refractivity contribution in [3.8, 4) is 11.5 Å². The Bertz CT molecular complexity index is 386. The van der Waals surface area contributed by atoms with Gasteiger partial charge in [0.25, 0.3) is 0 Å². The minimum Gasteiger partial charge on any atom is -0.497 e. The quantitative estimate of drug-likeness (QED) is 0.830. The van der Waals surface area contributed by atoms with E-state index in [-0.39, 0.29) is 18.3 Å². The summed E-state index contributed by atoms with van der Waals surface area (Å²) in [4.78, 5) is 11.6. The molecule has 0 aliphatic rings. The van der Waals surface area contributed by atoms with E-state index in [9.17, 15) is 4.79 Å². The number of nitrogens with two attached hydrogens (primary N) is 1. The number of hydrogen-bond acceptors (Lipinski definition) is 4. The van der Waals surface area contributed by atoms with Crippen molar-refractivity contribution in [3.63, 3.8) is 0 Å². The number of halogens is 1. The third-order valence-electron chi connectivity index (χ3n) is 2.29. The molecule has 6 heteroatoms. The minimum absolute atomic E-state index is 0. The van der Waals surface area contributed by atoms with Crippen molar-refractivity contribution in [2.24, 2.45) is 5.73 Å². The Kier molecular flexibility index (Phi) is 7.91. The molecule has 18 heavy (non-hydrogen) atoms. The highest BCUT2D eigenvalue weighted by molar-refractivity contribution is 5.92. The summed E-state index contributed by atoms with van der Waals surface area (Å²) in [6.45, 7) is 0.503. The summed E-state index contributed by atoms with van der Waals surface area (Å²) in [7, 11) is 3.12. The van der Waals surface area contributed by atoms with E-state index < -0.39 is 0 Å². The van der Waals surface area contributed by atoms with Crippen LogP contribution in [0.5, 0.6) is 11.5 Å². The summed E-state index contributed by atoms with van der Waals surface area (Å²) in [6.07, 6.45) is 1.06. The van der Waals surface area contributed by atoms with Gasteiger partial charge in [-0.3, -0.25) is 4.79 Å². The topological polar surface area (TPSA) is 73.6 Å². The number of anilines is 1. The molecule has 3 N–H and O–H groups in total. The maximum atomic E-state index is 11.6. The smallest absolute Gasteiger partial charge is 0.224 e. The summed E-state index contributed by atoms with van der Waals surface area (Å²) < 4.78 is 10.2. The molecule has 0 heterocycles. The molecule has 0 bridgehead atoms. The number of nitrogens with one attached hydrogen (secondary N) is 1. The lowest BCUT2D eigenvalue weighted by atomic mass is 10.2.